The molecule has 0 spiro atoms. The van der Waals surface area contributed by atoms with Crippen LogP contribution in [0.5, 0.6) is 0 Å². The van der Waals surface area contributed by atoms with Crippen LogP contribution in [0.4, 0.5) is 10.1 Å². The van der Waals surface area contributed by atoms with E-state index < -0.39 is 15.8 Å². The SMILES string of the molecule is C=C(C)CN(CC)C(=O)c1cccc(S(=O)(=O)Nc2ccc(F)cc2)c1. The van der Waals surface area contributed by atoms with Gasteiger partial charge in [0.05, 0.1) is 4.90 Å². The van der Waals surface area contributed by atoms with Crippen LogP contribution in [0, 0.1) is 5.82 Å². The molecule has 0 heterocycles. The number of hydrogen-bond donors (Lipinski definition) is 1. The summed E-state index contributed by atoms with van der Waals surface area (Å²) in [6.07, 6.45) is 0. The maximum atomic E-state index is 13.0. The molecule has 0 unspecified atom stereocenters. The summed E-state index contributed by atoms with van der Waals surface area (Å²) in [6.45, 7) is 8.36. The van der Waals surface area contributed by atoms with E-state index in [9.17, 15) is 17.6 Å². The number of nitrogens with one attached hydrogen (secondary N) is 1. The predicted octanol–water partition coefficient (Wildman–Crippen LogP) is 3.66. The van der Waals surface area contributed by atoms with Crippen LogP contribution < -0.4 is 4.72 Å². The number of nitrogens with zero attached hydrogens (tertiary/aromatic N) is 1. The van der Waals surface area contributed by atoms with Gasteiger partial charge in [-0.25, -0.2) is 12.8 Å². The summed E-state index contributed by atoms with van der Waals surface area (Å²) in [7, 11) is -3.90. The van der Waals surface area contributed by atoms with Crippen LogP contribution in [0.1, 0.15) is 24.2 Å². The molecule has 1 amide bonds. The number of carbonyl (C=O) groups excluding carboxylic acids is 1. The zero-order valence-electron chi connectivity index (χ0n) is 14.7. The number of hydrogen-bond acceptors (Lipinski definition) is 3. The fraction of sp³-hybridized carbons (Fsp3) is 0.211. The van der Waals surface area contributed by atoms with Crippen molar-refractivity contribution in [3.05, 3.63) is 72.1 Å². The number of carbonyl (C=O) groups is 1. The predicted molar refractivity (Wildman–Crippen MR) is 100 cm³/mol. The normalized spacial score (nSPS) is 11.0. The molecule has 0 saturated heterocycles. The highest BCUT2D eigenvalue weighted by molar-refractivity contribution is 7.92. The third-order valence-corrected chi connectivity index (χ3v) is 5.00. The Morgan fingerprint density at radius 2 is 1.85 bits per heavy atom. The Labute approximate surface area is 153 Å². The second-order valence-corrected chi connectivity index (χ2v) is 7.60. The van der Waals surface area contributed by atoms with E-state index in [-0.39, 0.29) is 22.1 Å². The molecule has 0 atom stereocenters. The van der Waals surface area contributed by atoms with Gasteiger partial charge in [0.1, 0.15) is 5.82 Å². The average molecular weight is 376 g/mol. The summed E-state index contributed by atoms with van der Waals surface area (Å²) >= 11 is 0. The number of halogens is 1. The molecule has 0 aromatic heterocycles. The van der Waals surface area contributed by atoms with Gasteiger partial charge in [0.25, 0.3) is 15.9 Å². The highest BCUT2D eigenvalue weighted by Gasteiger charge is 2.19. The van der Waals surface area contributed by atoms with Gasteiger partial charge >= 0.3 is 0 Å². The highest BCUT2D eigenvalue weighted by atomic mass is 32.2. The molecule has 0 bridgehead atoms. The van der Waals surface area contributed by atoms with E-state index in [0.717, 1.165) is 17.7 Å². The molecule has 2 rings (SSSR count). The third-order valence-electron chi connectivity index (χ3n) is 3.62. The molecule has 26 heavy (non-hydrogen) atoms. The van der Waals surface area contributed by atoms with Crippen LogP contribution >= 0.6 is 0 Å². The van der Waals surface area contributed by atoms with Crippen molar-refractivity contribution in [1.29, 1.82) is 0 Å². The second kappa shape index (κ2) is 8.14. The molecular weight excluding hydrogens is 355 g/mol. The summed E-state index contributed by atoms with van der Waals surface area (Å²) in [5.74, 6) is -0.730. The quantitative estimate of drug-likeness (QED) is 0.750. The zero-order chi connectivity index (χ0) is 19.3. The first-order valence-corrected chi connectivity index (χ1v) is 9.53. The third kappa shape index (κ3) is 4.92. The summed E-state index contributed by atoms with van der Waals surface area (Å²) in [6, 6.07) is 10.8. The van der Waals surface area contributed by atoms with Crippen molar-refractivity contribution in [1.82, 2.24) is 4.90 Å². The summed E-state index contributed by atoms with van der Waals surface area (Å²) in [5, 5.41) is 0. The van der Waals surface area contributed by atoms with Crippen LogP contribution in [-0.4, -0.2) is 32.3 Å². The molecule has 0 aliphatic rings. The van der Waals surface area contributed by atoms with Crippen molar-refractivity contribution in [2.24, 2.45) is 0 Å². The number of benzene rings is 2. The van der Waals surface area contributed by atoms with E-state index >= 15 is 0 Å². The number of amides is 1. The minimum absolute atomic E-state index is 0.0425. The monoisotopic (exact) mass is 376 g/mol. The minimum Gasteiger partial charge on any atom is -0.335 e. The number of rotatable bonds is 7. The Kier molecular flexibility index (Phi) is 6.15. The van der Waals surface area contributed by atoms with Gasteiger partial charge in [-0.2, -0.15) is 0 Å². The first kappa shape index (κ1) is 19.7. The van der Waals surface area contributed by atoms with Gasteiger partial charge in [0, 0.05) is 24.3 Å². The van der Waals surface area contributed by atoms with Gasteiger partial charge in [-0.1, -0.05) is 18.2 Å². The molecular formula is C19H21FN2O3S. The maximum Gasteiger partial charge on any atom is 0.261 e. The zero-order valence-corrected chi connectivity index (χ0v) is 15.5. The van der Waals surface area contributed by atoms with Crippen molar-refractivity contribution in [3.63, 3.8) is 0 Å². The fourth-order valence-corrected chi connectivity index (χ4v) is 3.47. The van der Waals surface area contributed by atoms with Crippen LogP contribution in [0.3, 0.4) is 0 Å². The molecule has 0 saturated carbocycles. The van der Waals surface area contributed by atoms with Gasteiger partial charge in [-0.3, -0.25) is 9.52 Å². The van der Waals surface area contributed by atoms with Crippen molar-refractivity contribution in [2.75, 3.05) is 17.8 Å². The van der Waals surface area contributed by atoms with Crippen LogP contribution in [0.15, 0.2) is 65.6 Å². The standard InChI is InChI=1S/C19H21FN2O3S/c1-4-22(13-14(2)3)19(23)15-6-5-7-18(12-15)26(24,25)21-17-10-8-16(20)9-11-17/h5-12,21H,2,4,13H2,1,3H3. The van der Waals surface area contributed by atoms with Gasteiger partial charge in [0.2, 0.25) is 0 Å². The first-order valence-electron chi connectivity index (χ1n) is 8.05. The Bertz CT molecular complexity index is 909. The van der Waals surface area contributed by atoms with Crippen molar-refractivity contribution in [3.8, 4) is 0 Å². The largest absolute Gasteiger partial charge is 0.335 e. The molecule has 7 heteroatoms. The molecule has 138 valence electrons. The van der Waals surface area contributed by atoms with E-state index in [0.29, 0.717) is 13.1 Å². The lowest BCUT2D eigenvalue weighted by atomic mass is 10.2. The summed E-state index contributed by atoms with van der Waals surface area (Å²) < 4.78 is 40.4. The molecule has 0 radical (unpaired) electrons. The lowest BCUT2D eigenvalue weighted by Crippen LogP contribution is -2.32. The molecule has 2 aromatic rings. The molecule has 5 nitrogen and oxygen atoms in total. The topological polar surface area (TPSA) is 66.5 Å². The number of anilines is 1. The van der Waals surface area contributed by atoms with Crippen molar-refractivity contribution < 1.29 is 17.6 Å². The molecule has 0 fully saturated rings. The Morgan fingerprint density at radius 3 is 2.42 bits per heavy atom. The molecule has 2 aromatic carbocycles. The number of sulfonamides is 1. The van der Waals surface area contributed by atoms with Gasteiger partial charge in [0.15, 0.2) is 0 Å². The fourth-order valence-electron chi connectivity index (χ4n) is 2.36. The Morgan fingerprint density at radius 1 is 1.19 bits per heavy atom. The van der Waals surface area contributed by atoms with E-state index in [1.807, 2.05) is 13.8 Å². The Hall–Kier alpha value is -2.67. The van der Waals surface area contributed by atoms with E-state index in [1.54, 1.807) is 11.0 Å². The lowest BCUT2D eigenvalue weighted by molar-refractivity contribution is 0.0778. The van der Waals surface area contributed by atoms with Gasteiger partial charge in [-0.05, 0) is 56.3 Å². The van der Waals surface area contributed by atoms with Gasteiger partial charge in [-0.15, -0.1) is 0 Å². The molecule has 1 N–H and O–H groups in total. The summed E-state index contributed by atoms with van der Waals surface area (Å²) in [4.78, 5) is 14.2. The van der Waals surface area contributed by atoms with E-state index in [4.69, 9.17) is 0 Å². The average Bonchev–Trinajstić information content (AvgIpc) is 2.61. The van der Waals surface area contributed by atoms with E-state index in [2.05, 4.69) is 11.3 Å². The van der Waals surface area contributed by atoms with E-state index in [1.165, 1.54) is 30.3 Å². The summed E-state index contributed by atoms with van der Waals surface area (Å²) in [5.41, 5.74) is 1.35. The Balaban J connectivity index is 2.28. The van der Waals surface area contributed by atoms with Crippen LogP contribution in [-0.2, 0) is 10.0 Å². The molecule has 0 aliphatic heterocycles. The lowest BCUT2D eigenvalue weighted by Gasteiger charge is -2.21. The van der Waals surface area contributed by atoms with Crippen molar-refractivity contribution >= 4 is 21.6 Å². The maximum absolute atomic E-state index is 13.0. The van der Waals surface area contributed by atoms with Crippen molar-refractivity contribution in [2.45, 2.75) is 18.7 Å². The van der Waals surface area contributed by atoms with Crippen LogP contribution in [0.2, 0.25) is 0 Å². The second-order valence-electron chi connectivity index (χ2n) is 5.92. The molecule has 0 aliphatic carbocycles. The number of likely N-dealkylation sites (N-methyl/N-ethyl adjacent to an activating group) is 1. The smallest absolute Gasteiger partial charge is 0.261 e. The van der Waals surface area contributed by atoms with Crippen LogP contribution in [0.25, 0.3) is 0 Å². The highest BCUT2D eigenvalue weighted by Crippen LogP contribution is 2.18. The van der Waals surface area contributed by atoms with Gasteiger partial charge < -0.3 is 4.90 Å². The first-order chi connectivity index (χ1) is 12.2. The minimum atomic E-state index is -3.90.